The van der Waals surface area contributed by atoms with Crippen molar-refractivity contribution in [2.45, 2.75) is 24.3 Å². The van der Waals surface area contributed by atoms with Crippen LogP contribution in [-0.4, -0.2) is 38.0 Å². The predicted octanol–water partition coefficient (Wildman–Crippen LogP) is 3.32. The van der Waals surface area contributed by atoms with E-state index in [0.717, 1.165) is 11.4 Å². The molecular weight excluding hydrogens is 369 g/mol. The minimum atomic E-state index is -0.531. The predicted molar refractivity (Wildman–Crippen MR) is 101 cm³/mol. The zero-order valence-electron chi connectivity index (χ0n) is 14.8. The fourth-order valence-corrected chi connectivity index (χ4v) is 3.08. The third-order valence-electron chi connectivity index (χ3n) is 3.62. The minimum Gasteiger partial charge on any atom is -0.494 e. The second kappa shape index (κ2) is 8.63. The number of anilines is 1. The smallest absolute Gasteiger partial charge is 0.237 e. The number of halogens is 1. The summed E-state index contributed by atoms with van der Waals surface area (Å²) in [7, 11) is 0. The largest absolute Gasteiger partial charge is 0.494 e. The number of hydrogen-bond donors (Lipinski definition) is 1. The van der Waals surface area contributed by atoms with Crippen LogP contribution in [0.3, 0.4) is 0 Å². The number of aromatic nitrogens is 4. The first kappa shape index (κ1) is 18.8. The lowest BCUT2D eigenvalue weighted by atomic mass is 10.3. The molecule has 1 aromatic heterocycles. The van der Waals surface area contributed by atoms with E-state index < -0.39 is 11.1 Å². The Hall–Kier alpha value is -2.94. The Balaban J connectivity index is 1.70. The molecule has 3 rings (SSSR count). The molecule has 0 unspecified atom stereocenters. The first-order chi connectivity index (χ1) is 13.1. The van der Waals surface area contributed by atoms with E-state index in [0.29, 0.717) is 11.8 Å². The Bertz CT molecular complexity index is 916. The van der Waals surface area contributed by atoms with Gasteiger partial charge in [0.15, 0.2) is 0 Å². The van der Waals surface area contributed by atoms with Gasteiger partial charge in [0.25, 0.3) is 0 Å². The number of amides is 1. The molecule has 1 N–H and O–H groups in total. The number of carbonyl (C=O) groups is 1. The molecule has 3 aromatic rings. The molecule has 0 aliphatic heterocycles. The number of carbonyl (C=O) groups excluding carboxylic acids is 1. The van der Waals surface area contributed by atoms with E-state index in [1.54, 1.807) is 19.1 Å². The monoisotopic (exact) mass is 387 g/mol. The van der Waals surface area contributed by atoms with Gasteiger partial charge in [-0.25, -0.2) is 4.39 Å². The third-order valence-corrected chi connectivity index (χ3v) is 4.65. The van der Waals surface area contributed by atoms with Crippen molar-refractivity contribution in [2.75, 3.05) is 11.9 Å². The molecule has 9 heteroatoms. The van der Waals surface area contributed by atoms with Crippen LogP contribution >= 0.6 is 11.8 Å². The lowest BCUT2D eigenvalue weighted by molar-refractivity contribution is -0.115. The molecule has 0 fully saturated rings. The van der Waals surface area contributed by atoms with Gasteiger partial charge in [-0.15, -0.1) is 5.10 Å². The summed E-state index contributed by atoms with van der Waals surface area (Å²) < 4.78 is 20.7. The van der Waals surface area contributed by atoms with Crippen LogP contribution < -0.4 is 10.1 Å². The van der Waals surface area contributed by atoms with E-state index >= 15 is 0 Å². The molecule has 0 aliphatic rings. The Morgan fingerprint density at radius 1 is 1.26 bits per heavy atom. The van der Waals surface area contributed by atoms with Crippen molar-refractivity contribution in [3.05, 3.63) is 54.3 Å². The van der Waals surface area contributed by atoms with E-state index in [-0.39, 0.29) is 11.6 Å². The minimum absolute atomic E-state index is 0.140. The number of hydrogen-bond acceptors (Lipinski definition) is 6. The first-order valence-electron chi connectivity index (χ1n) is 8.32. The highest BCUT2D eigenvalue weighted by molar-refractivity contribution is 8.00. The van der Waals surface area contributed by atoms with Gasteiger partial charge in [-0.05, 0) is 60.7 Å². The van der Waals surface area contributed by atoms with Crippen LogP contribution in [0.5, 0.6) is 5.75 Å². The maximum atomic E-state index is 13.7. The molecule has 1 amide bonds. The van der Waals surface area contributed by atoms with Crippen molar-refractivity contribution in [3.63, 3.8) is 0 Å². The Morgan fingerprint density at radius 2 is 2.00 bits per heavy atom. The summed E-state index contributed by atoms with van der Waals surface area (Å²) in [4.78, 5) is 12.4. The summed E-state index contributed by atoms with van der Waals surface area (Å²) in [6, 6.07) is 13.3. The summed E-state index contributed by atoms with van der Waals surface area (Å²) in [6.07, 6.45) is 0. The van der Waals surface area contributed by atoms with Gasteiger partial charge in [-0.2, -0.15) is 4.68 Å². The molecule has 2 aromatic carbocycles. The highest BCUT2D eigenvalue weighted by Gasteiger charge is 2.20. The van der Waals surface area contributed by atoms with Crippen LogP contribution in [0.4, 0.5) is 10.1 Å². The Kier molecular flexibility index (Phi) is 6.02. The molecule has 1 atom stereocenters. The number of ether oxygens (including phenoxy) is 1. The van der Waals surface area contributed by atoms with E-state index in [9.17, 15) is 9.18 Å². The topological polar surface area (TPSA) is 81.9 Å². The van der Waals surface area contributed by atoms with Crippen LogP contribution in [0.2, 0.25) is 0 Å². The number of para-hydroxylation sites is 1. The lowest BCUT2D eigenvalue weighted by Crippen LogP contribution is -2.23. The summed E-state index contributed by atoms with van der Waals surface area (Å²) >= 11 is 1.18. The summed E-state index contributed by atoms with van der Waals surface area (Å²) in [5.74, 6) is -0.0743. The fourth-order valence-electron chi connectivity index (χ4n) is 2.27. The van der Waals surface area contributed by atoms with Crippen molar-refractivity contribution < 1.29 is 13.9 Å². The van der Waals surface area contributed by atoms with Gasteiger partial charge in [0, 0.05) is 0 Å². The zero-order valence-corrected chi connectivity index (χ0v) is 15.6. The number of nitrogens with zero attached hydrogens (tertiary/aromatic N) is 4. The molecule has 0 aliphatic carbocycles. The van der Waals surface area contributed by atoms with E-state index in [1.165, 1.54) is 28.6 Å². The van der Waals surface area contributed by atoms with Crippen LogP contribution in [0.15, 0.2) is 53.7 Å². The van der Waals surface area contributed by atoms with E-state index in [2.05, 4.69) is 20.8 Å². The van der Waals surface area contributed by atoms with Crippen molar-refractivity contribution in [3.8, 4) is 11.4 Å². The number of benzene rings is 2. The quantitative estimate of drug-likeness (QED) is 0.627. The standard InChI is InChI=1S/C18H18FN5O2S/c1-3-26-14-10-8-13(9-11-14)24-18(21-22-23-24)27-12(2)17(25)20-16-7-5-4-6-15(16)19/h4-12H,3H2,1-2H3,(H,20,25)/t12-/m1/s1. The molecular formula is C18H18FN5O2S. The van der Waals surface area contributed by atoms with Gasteiger partial charge in [0.2, 0.25) is 11.1 Å². The molecule has 140 valence electrons. The SMILES string of the molecule is CCOc1ccc(-n2nnnc2S[C@H](C)C(=O)Nc2ccccc2F)cc1. The average molecular weight is 387 g/mol. The normalized spacial score (nSPS) is 11.8. The lowest BCUT2D eigenvalue weighted by Gasteiger charge is -2.12. The van der Waals surface area contributed by atoms with E-state index in [1.807, 2.05) is 31.2 Å². The van der Waals surface area contributed by atoms with Gasteiger partial charge >= 0.3 is 0 Å². The number of tetrazole rings is 1. The molecule has 0 radical (unpaired) electrons. The summed E-state index contributed by atoms with van der Waals surface area (Å²) in [6.45, 7) is 4.20. The fraction of sp³-hybridized carbons (Fsp3) is 0.222. The molecule has 0 spiro atoms. The maximum Gasteiger partial charge on any atom is 0.237 e. The molecule has 7 nitrogen and oxygen atoms in total. The van der Waals surface area contributed by atoms with Gasteiger partial charge < -0.3 is 10.1 Å². The zero-order chi connectivity index (χ0) is 19.2. The highest BCUT2D eigenvalue weighted by Crippen LogP contribution is 2.25. The van der Waals surface area contributed by atoms with Gasteiger partial charge in [0.05, 0.1) is 23.2 Å². The molecule has 0 saturated heterocycles. The average Bonchev–Trinajstić information content (AvgIpc) is 3.12. The molecule has 0 bridgehead atoms. The maximum absolute atomic E-state index is 13.7. The van der Waals surface area contributed by atoms with Gasteiger partial charge in [-0.3, -0.25) is 4.79 Å². The summed E-state index contributed by atoms with van der Waals surface area (Å²) in [5, 5.41) is 14.1. The number of thioether (sulfide) groups is 1. The molecule has 27 heavy (non-hydrogen) atoms. The van der Waals surface area contributed by atoms with Gasteiger partial charge in [-0.1, -0.05) is 23.9 Å². The van der Waals surface area contributed by atoms with Gasteiger partial charge in [0.1, 0.15) is 11.6 Å². The Labute approximate surface area is 159 Å². The van der Waals surface area contributed by atoms with Crippen molar-refractivity contribution >= 4 is 23.4 Å². The Morgan fingerprint density at radius 3 is 2.70 bits per heavy atom. The summed E-state index contributed by atoms with van der Waals surface area (Å²) in [5.41, 5.74) is 0.883. The van der Waals surface area contributed by atoms with Crippen molar-refractivity contribution in [2.24, 2.45) is 0 Å². The molecule has 0 saturated carbocycles. The van der Waals surface area contributed by atoms with Crippen molar-refractivity contribution in [1.82, 2.24) is 20.2 Å². The highest BCUT2D eigenvalue weighted by atomic mass is 32.2. The second-order valence-electron chi connectivity index (χ2n) is 5.53. The van der Waals surface area contributed by atoms with Crippen LogP contribution in [0.25, 0.3) is 5.69 Å². The van der Waals surface area contributed by atoms with E-state index in [4.69, 9.17) is 4.74 Å². The second-order valence-corrected chi connectivity index (χ2v) is 6.84. The number of nitrogens with one attached hydrogen (secondary N) is 1. The van der Waals surface area contributed by atoms with Crippen LogP contribution in [0, 0.1) is 5.82 Å². The first-order valence-corrected chi connectivity index (χ1v) is 9.20. The third kappa shape index (κ3) is 4.62. The molecule has 1 heterocycles. The van der Waals surface area contributed by atoms with Crippen molar-refractivity contribution in [1.29, 1.82) is 0 Å². The van der Waals surface area contributed by atoms with Crippen LogP contribution in [0.1, 0.15) is 13.8 Å². The number of rotatable bonds is 7. The van der Waals surface area contributed by atoms with Crippen LogP contribution in [-0.2, 0) is 4.79 Å².